The highest BCUT2D eigenvalue weighted by atomic mass is 32.2. The number of fused-ring (bicyclic) bond motifs is 1. The predicted molar refractivity (Wildman–Crippen MR) is 120 cm³/mol. The van der Waals surface area contributed by atoms with Crippen LogP contribution in [0.25, 0.3) is 0 Å². The van der Waals surface area contributed by atoms with Crippen LogP contribution < -0.4 is 15.4 Å². The SMILES string of the molecule is C[C@@H](NC(=O)C1CCC(NS(=O)(=O)c2cnc3c(c2)CCCN3)CC1)c1ccc(F)cc1. The molecular weight excluding hydrogens is 431 g/mol. The monoisotopic (exact) mass is 460 g/mol. The average Bonchev–Trinajstić information content (AvgIpc) is 2.79. The first kappa shape index (κ1) is 22.7. The van der Waals surface area contributed by atoms with Crippen molar-refractivity contribution >= 4 is 21.7 Å². The van der Waals surface area contributed by atoms with Gasteiger partial charge in [-0.2, -0.15) is 0 Å². The van der Waals surface area contributed by atoms with E-state index in [0.717, 1.165) is 36.3 Å². The number of hydrogen-bond donors (Lipinski definition) is 3. The van der Waals surface area contributed by atoms with Gasteiger partial charge in [-0.25, -0.2) is 22.5 Å². The highest BCUT2D eigenvalue weighted by Gasteiger charge is 2.30. The third-order valence-electron chi connectivity index (χ3n) is 6.32. The molecule has 9 heteroatoms. The van der Waals surface area contributed by atoms with Gasteiger partial charge in [-0.3, -0.25) is 4.79 Å². The molecule has 1 aliphatic heterocycles. The number of sulfonamides is 1. The molecule has 0 unspecified atom stereocenters. The molecule has 172 valence electrons. The van der Waals surface area contributed by atoms with Crippen LogP contribution in [0, 0.1) is 11.7 Å². The minimum Gasteiger partial charge on any atom is -0.370 e. The fourth-order valence-electron chi connectivity index (χ4n) is 4.40. The number of halogens is 1. The van der Waals surface area contributed by atoms with Gasteiger partial charge < -0.3 is 10.6 Å². The Kier molecular flexibility index (Phi) is 6.76. The van der Waals surface area contributed by atoms with Crippen molar-refractivity contribution in [3.63, 3.8) is 0 Å². The third kappa shape index (κ3) is 5.27. The zero-order valence-corrected chi connectivity index (χ0v) is 18.9. The van der Waals surface area contributed by atoms with Crippen LogP contribution in [-0.2, 0) is 21.2 Å². The molecule has 1 aromatic carbocycles. The van der Waals surface area contributed by atoms with Crippen molar-refractivity contribution in [1.82, 2.24) is 15.0 Å². The molecule has 2 aliphatic rings. The van der Waals surface area contributed by atoms with E-state index in [-0.39, 0.29) is 34.6 Å². The number of hydrogen-bond acceptors (Lipinski definition) is 5. The summed E-state index contributed by atoms with van der Waals surface area (Å²) < 4.78 is 41.6. The normalized spacial score (nSPS) is 21.8. The quantitative estimate of drug-likeness (QED) is 0.614. The Morgan fingerprint density at radius 2 is 1.91 bits per heavy atom. The molecule has 0 bridgehead atoms. The van der Waals surface area contributed by atoms with Crippen LogP contribution in [0.5, 0.6) is 0 Å². The van der Waals surface area contributed by atoms with Crippen LogP contribution >= 0.6 is 0 Å². The number of nitrogens with zero attached hydrogens (tertiary/aromatic N) is 1. The van der Waals surface area contributed by atoms with E-state index in [1.54, 1.807) is 18.2 Å². The van der Waals surface area contributed by atoms with Crippen molar-refractivity contribution in [3.8, 4) is 0 Å². The Hall–Kier alpha value is -2.52. The summed E-state index contributed by atoms with van der Waals surface area (Å²) >= 11 is 0. The maximum absolute atomic E-state index is 13.1. The number of nitrogens with one attached hydrogen (secondary N) is 3. The molecule has 1 aliphatic carbocycles. The molecule has 0 saturated heterocycles. The van der Waals surface area contributed by atoms with E-state index in [0.29, 0.717) is 25.7 Å². The summed E-state index contributed by atoms with van der Waals surface area (Å²) in [5.74, 6) is 0.247. The molecule has 32 heavy (non-hydrogen) atoms. The number of aryl methyl sites for hydroxylation is 1. The van der Waals surface area contributed by atoms with Gasteiger partial charge in [0.15, 0.2) is 0 Å². The third-order valence-corrected chi connectivity index (χ3v) is 7.80. The first-order valence-electron chi connectivity index (χ1n) is 11.1. The molecule has 4 rings (SSSR count). The Bertz CT molecular complexity index is 1070. The second kappa shape index (κ2) is 9.54. The van der Waals surface area contributed by atoms with E-state index in [1.807, 2.05) is 6.92 Å². The predicted octanol–water partition coefficient (Wildman–Crippen LogP) is 3.29. The van der Waals surface area contributed by atoms with Crippen molar-refractivity contribution in [2.45, 2.75) is 62.4 Å². The zero-order valence-electron chi connectivity index (χ0n) is 18.1. The van der Waals surface area contributed by atoms with Gasteiger partial charge in [0.25, 0.3) is 0 Å². The van der Waals surface area contributed by atoms with Crippen LogP contribution in [0.2, 0.25) is 0 Å². The summed E-state index contributed by atoms with van der Waals surface area (Å²) in [5.41, 5.74) is 1.77. The second-order valence-electron chi connectivity index (χ2n) is 8.66. The zero-order chi connectivity index (χ0) is 22.7. The summed E-state index contributed by atoms with van der Waals surface area (Å²) in [7, 11) is -3.66. The molecule has 0 radical (unpaired) electrons. The summed E-state index contributed by atoms with van der Waals surface area (Å²) in [6.07, 6.45) is 5.59. The first-order chi connectivity index (χ1) is 15.3. The minimum absolute atomic E-state index is 0.0467. The fourth-order valence-corrected chi connectivity index (χ4v) is 5.70. The highest BCUT2D eigenvalue weighted by Crippen LogP contribution is 2.28. The fraction of sp³-hybridized carbons (Fsp3) is 0.478. The van der Waals surface area contributed by atoms with E-state index in [4.69, 9.17) is 0 Å². The van der Waals surface area contributed by atoms with E-state index >= 15 is 0 Å². The second-order valence-corrected chi connectivity index (χ2v) is 10.4. The van der Waals surface area contributed by atoms with E-state index < -0.39 is 10.0 Å². The molecule has 2 heterocycles. The lowest BCUT2D eigenvalue weighted by Gasteiger charge is -2.29. The van der Waals surface area contributed by atoms with Crippen molar-refractivity contribution < 1.29 is 17.6 Å². The van der Waals surface area contributed by atoms with Gasteiger partial charge in [-0.05, 0) is 74.8 Å². The van der Waals surface area contributed by atoms with Crippen LogP contribution in [0.4, 0.5) is 10.2 Å². The molecule has 1 amide bonds. The number of amides is 1. The number of rotatable bonds is 6. The molecule has 2 aromatic rings. The smallest absolute Gasteiger partial charge is 0.242 e. The number of carbonyl (C=O) groups is 1. The molecule has 0 spiro atoms. The van der Waals surface area contributed by atoms with E-state index in [2.05, 4.69) is 20.3 Å². The van der Waals surface area contributed by atoms with Crippen molar-refractivity contribution in [1.29, 1.82) is 0 Å². The average molecular weight is 461 g/mol. The number of pyridine rings is 1. The Labute approximate surface area is 188 Å². The number of benzene rings is 1. The Morgan fingerprint density at radius 1 is 1.19 bits per heavy atom. The first-order valence-corrected chi connectivity index (χ1v) is 12.6. The summed E-state index contributed by atoms with van der Waals surface area (Å²) in [4.78, 5) is 17.1. The summed E-state index contributed by atoms with van der Waals surface area (Å²) in [5, 5.41) is 6.17. The van der Waals surface area contributed by atoms with Crippen molar-refractivity contribution in [3.05, 3.63) is 53.5 Å². The van der Waals surface area contributed by atoms with Crippen molar-refractivity contribution in [2.24, 2.45) is 5.92 Å². The van der Waals surface area contributed by atoms with Gasteiger partial charge in [0, 0.05) is 24.7 Å². The highest BCUT2D eigenvalue weighted by molar-refractivity contribution is 7.89. The lowest BCUT2D eigenvalue weighted by atomic mass is 9.85. The summed E-state index contributed by atoms with van der Waals surface area (Å²) in [6, 6.07) is 7.37. The van der Waals surface area contributed by atoms with E-state index in [9.17, 15) is 17.6 Å². The van der Waals surface area contributed by atoms with Crippen molar-refractivity contribution in [2.75, 3.05) is 11.9 Å². The lowest BCUT2D eigenvalue weighted by molar-refractivity contribution is -0.126. The lowest BCUT2D eigenvalue weighted by Crippen LogP contribution is -2.41. The van der Waals surface area contributed by atoms with E-state index in [1.165, 1.54) is 18.3 Å². The van der Waals surface area contributed by atoms with Crippen LogP contribution in [0.15, 0.2) is 41.4 Å². The van der Waals surface area contributed by atoms with Gasteiger partial charge in [0.2, 0.25) is 15.9 Å². The largest absolute Gasteiger partial charge is 0.370 e. The maximum atomic E-state index is 13.1. The Morgan fingerprint density at radius 3 is 2.62 bits per heavy atom. The number of carbonyl (C=O) groups excluding carboxylic acids is 1. The van der Waals surface area contributed by atoms with Gasteiger partial charge in [-0.15, -0.1) is 0 Å². The van der Waals surface area contributed by atoms with Crippen LogP contribution in [0.3, 0.4) is 0 Å². The molecule has 1 atom stereocenters. The molecule has 1 fully saturated rings. The molecule has 7 nitrogen and oxygen atoms in total. The van der Waals surface area contributed by atoms with Gasteiger partial charge in [-0.1, -0.05) is 12.1 Å². The van der Waals surface area contributed by atoms with Crippen LogP contribution in [-0.4, -0.2) is 31.9 Å². The topological polar surface area (TPSA) is 100 Å². The molecule has 1 aromatic heterocycles. The molecule has 3 N–H and O–H groups in total. The number of aromatic nitrogens is 1. The minimum atomic E-state index is -3.66. The van der Waals surface area contributed by atoms with Gasteiger partial charge in [0.1, 0.15) is 16.5 Å². The summed E-state index contributed by atoms with van der Waals surface area (Å²) in [6.45, 7) is 2.72. The van der Waals surface area contributed by atoms with Gasteiger partial charge in [0.05, 0.1) is 6.04 Å². The van der Waals surface area contributed by atoms with Crippen LogP contribution in [0.1, 0.15) is 56.2 Å². The Balaban J connectivity index is 1.30. The maximum Gasteiger partial charge on any atom is 0.242 e. The molecular formula is C23H29FN4O3S. The molecule has 1 saturated carbocycles. The standard InChI is InChI=1S/C23H29FN4O3S/c1-15(16-4-8-19(24)9-5-16)27-23(29)17-6-10-20(11-7-17)28-32(30,31)21-13-18-3-2-12-25-22(18)26-14-21/h4-5,8-9,13-15,17,20,28H,2-3,6-7,10-12H2,1H3,(H,25,26)(H,27,29)/t15-,17?,20?/m1/s1. The van der Waals surface area contributed by atoms with Gasteiger partial charge >= 0.3 is 0 Å². The number of anilines is 1.